The lowest BCUT2D eigenvalue weighted by Crippen LogP contribution is -2.13. The van der Waals surface area contributed by atoms with Crippen molar-refractivity contribution in [2.24, 2.45) is 0 Å². The lowest BCUT2D eigenvalue weighted by atomic mass is 10.0. The van der Waals surface area contributed by atoms with E-state index in [1.54, 1.807) is 0 Å². The van der Waals surface area contributed by atoms with E-state index in [4.69, 9.17) is 5.11 Å². The van der Waals surface area contributed by atoms with Crippen LogP contribution in [0.4, 0.5) is 0 Å². The van der Waals surface area contributed by atoms with Crippen LogP contribution in [0.3, 0.4) is 0 Å². The zero-order valence-electron chi connectivity index (χ0n) is 11.1. The fourth-order valence-electron chi connectivity index (χ4n) is 1.76. The standard InChI is InChI=1S/C15H11NO5/c1-21-15(20)11-3-2-8-16-12(11)13(17)9-4-6-10(7-5-9)14(18)19/h2-8H,1H3,(H,18,19). The molecule has 0 amide bonds. The van der Waals surface area contributed by atoms with Gasteiger partial charge in [0.05, 0.1) is 18.2 Å². The van der Waals surface area contributed by atoms with E-state index in [1.165, 1.54) is 49.7 Å². The van der Waals surface area contributed by atoms with Gasteiger partial charge in [-0.15, -0.1) is 0 Å². The highest BCUT2D eigenvalue weighted by molar-refractivity contribution is 6.13. The molecule has 0 bridgehead atoms. The minimum absolute atomic E-state index is 0.0348. The molecule has 1 aromatic heterocycles. The normalized spacial score (nSPS) is 9.95. The molecule has 0 unspecified atom stereocenters. The number of carboxylic acids is 1. The molecule has 106 valence electrons. The van der Waals surface area contributed by atoms with Crippen molar-refractivity contribution in [3.05, 3.63) is 65.0 Å². The van der Waals surface area contributed by atoms with Gasteiger partial charge in [-0.3, -0.25) is 9.78 Å². The highest BCUT2D eigenvalue weighted by Gasteiger charge is 2.20. The number of aromatic carboxylic acids is 1. The van der Waals surface area contributed by atoms with Crippen molar-refractivity contribution in [3.8, 4) is 0 Å². The summed E-state index contributed by atoms with van der Waals surface area (Å²) in [7, 11) is 1.21. The number of aromatic nitrogens is 1. The Bertz CT molecular complexity index is 706. The second kappa shape index (κ2) is 5.96. The Labute approximate surface area is 120 Å². The Hall–Kier alpha value is -3.02. The van der Waals surface area contributed by atoms with Crippen LogP contribution in [-0.2, 0) is 4.74 Å². The quantitative estimate of drug-likeness (QED) is 0.680. The number of ketones is 1. The lowest BCUT2D eigenvalue weighted by molar-refractivity contribution is 0.0596. The monoisotopic (exact) mass is 285 g/mol. The molecule has 21 heavy (non-hydrogen) atoms. The van der Waals surface area contributed by atoms with Gasteiger partial charge in [0, 0.05) is 11.8 Å². The van der Waals surface area contributed by atoms with Crippen molar-refractivity contribution in [1.29, 1.82) is 0 Å². The summed E-state index contributed by atoms with van der Waals surface area (Å²) in [5, 5.41) is 8.82. The first-order chi connectivity index (χ1) is 10.0. The molecule has 0 spiro atoms. The van der Waals surface area contributed by atoms with E-state index in [9.17, 15) is 14.4 Å². The van der Waals surface area contributed by atoms with Crippen molar-refractivity contribution < 1.29 is 24.2 Å². The lowest BCUT2D eigenvalue weighted by Gasteiger charge is -2.06. The van der Waals surface area contributed by atoms with Gasteiger partial charge in [0.1, 0.15) is 5.69 Å². The molecule has 1 aromatic carbocycles. The molecule has 2 aromatic rings. The fourth-order valence-corrected chi connectivity index (χ4v) is 1.76. The first-order valence-electron chi connectivity index (χ1n) is 5.96. The topological polar surface area (TPSA) is 93.6 Å². The number of nitrogens with zero attached hydrogens (tertiary/aromatic N) is 1. The first-order valence-corrected chi connectivity index (χ1v) is 5.96. The van der Waals surface area contributed by atoms with Crippen molar-refractivity contribution in [2.45, 2.75) is 0 Å². The summed E-state index contributed by atoms with van der Waals surface area (Å²) < 4.78 is 4.60. The van der Waals surface area contributed by atoms with E-state index in [-0.39, 0.29) is 22.4 Å². The predicted molar refractivity (Wildman–Crippen MR) is 72.4 cm³/mol. The van der Waals surface area contributed by atoms with Crippen LogP contribution in [-0.4, -0.2) is 34.9 Å². The van der Waals surface area contributed by atoms with Crippen LogP contribution in [0.25, 0.3) is 0 Å². The van der Waals surface area contributed by atoms with Crippen molar-refractivity contribution in [3.63, 3.8) is 0 Å². The third-order valence-corrected chi connectivity index (χ3v) is 2.82. The molecule has 0 fully saturated rings. The number of hydrogen-bond acceptors (Lipinski definition) is 5. The van der Waals surface area contributed by atoms with Gasteiger partial charge >= 0.3 is 11.9 Å². The third-order valence-electron chi connectivity index (χ3n) is 2.82. The van der Waals surface area contributed by atoms with Gasteiger partial charge in [-0.25, -0.2) is 9.59 Å². The Kier molecular flexibility index (Phi) is 4.08. The summed E-state index contributed by atoms with van der Waals surface area (Å²) in [4.78, 5) is 38.7. The van der Waals surface area contributed by atoms with Gasteiger partial charge in [0.15, 0.2) is 0 Å². The molecular weight excluding hydrogens is 274 g/mol. The number of carbonyl (C=O) groups is 3. The highest BCUT2D eigenvalue weighted by Crippen LogP contribution is 2.14. The Morgan fingerprint density at radius 1 is 1.05 bits per heavy atom. The molecule has 2 rings (SSSR count). The second-order valence-corrected chi connectivity index (χ2v) is 4.10. The molecule has 0 saturated carbocycles. The largest absolute Gasteiger partial charge is 0.478 e. The maximum Gasteiger partial charge on any atom is 0.340 e. The molecule has 0 saturated heterocycles. The molecule has 6 nitrogen and oxygen atoms in total. The molecule has 0 aliphatic carbocycles. The van der Waals surface area contributed by atoms with Crippen LogP contribution in [0.5, 0.6) is 0 Å². The summed E-state index contributed by atoms with van der Waals surface area (Å²) in [5.74, 6) is -2.22. The summed E-state index contributed by atoms with van der Waals surface area (Å²) in [5.41, 5.74) is 0.337. The van der Waals surface area contributed by atoms with Gasteiger partial charge in [-0.1, -0.05) is 12.1 Å². The summed E-state index contributed by atoms with van der Waals surface area (Å²) in [6.07, 6.45) is 1.39. The van der Waals surface area contributed by atoms with Crippen LogP contribution in [0.15, 0.2) is 42.6 Å². The average Bonchev–Trinajstić information content (AvgIpc) is 2.53. The van der Waals surface area contributed by atoms with E-state index in [1.807, 2.05) is 0 Å². The number of hydrogen-bond donors (Lipinski definition) is 1. The Morgan fingerprint density at radius 2 is 1.67 bits per heavy atom. The van der Waals surface area contributed by atoms with Crippen molar-refractivity contribution in [2.75, 3.05) is 7.11 Å². The number of carbonyl (C=O) groups excluding carboxylic acids is 2. The molecular formula is C15H11NO5. The molecule has 6 heteroatoms. The van der Waals surface area contributed by atoms with Crippen LogP contribution >= 0.6 is 0 Å². The minimum Gasteiger partial charge on any atom is -0.478 e. The molecule has 0 aliphatic rings. The summed E-state index contributed by atoms with van der Waals surface area (Å²) >= 11 is 0. The zero-order valence-corrected chi connectivity index (χ0v) is 11.1. The number of rotatable bonds is 4. The van der Waals surface area contributed by atoms with Crippen molar-refractivity contribution >= 4 is 17.7 Å². The van der Waals surface area contributed by atoms with E-state index in [0.717, 1.165) is 0 Å². The van der Waals surface area contributed by atoms with Crippen LogP contribution < -0.4 is 0 Å². The van der Waals surface area contributed by atoms with Gasteiger partial charge in [0.2, 0.25) is 5.78 Å². The van der Waals surface area contributed by atoms with E-state index < -0.39 is 17.7 Å². The SMILES string of the molecule is COC(=O)c1cccnc1C(=O)c1ccc(C(=O)O)cc1. The number of methoxy groups -OCH3 is 1. The Morgan fingerprint density at radius 3 is 2.24 bits per heavy atom. The molecule has 0 atom stereocenters. The second-order valence-electron chi connectivity index (χ2n) is 4.10. The van der Waals surface area contributed by atoms with Gasteiger partial charge in [-0.2, -0.15) is 0 Å². The van der Waals surface area contributed by atoms with Crippen LogP contribution in [0, 0.1) is 0 Å². The maximum absolute atomic E-state index is 12.4. The van der Waals surface area contributed by atoms with E-state index in [0.29, 0.717) is 0 Å². The first kappa shape index (κ1) is 14.4. The van der Waals surface area contributed by atoms with Crippen molar-refractivity contribution in [1.82, 2.24) is 4.98 Å². The molecule has 1 heterocycles. The predicted octanol–water partition coefficient (Wildman–Crippen LogP) is 1.80. The molecule has 0 aliphatic heterocycles. The zero-order chi connectivity index (χ0) is 15.4. The number of ether oxygens (including phenoxy) is 1. The van der Waals surface area contributed by atoms with Gasteiger partial charge < -0.3 is 9.84 Å². The number of esters is 1. The van der Waals surface area contributed by atoms with Crippen LogP contribution in [0.2, 0.25) is 0 Å². The van der Waals surface area contributed by atoms with E-state index >= 15 is 0 Å². The van der Waals surface area contributed by atoms with Gasteiger partial charge in [0.25, 0.3) is 0 Å². The smallest absolute Gasteiger partial charge is 0.340 e. The number of carboxylic acid groups (broad SMARTS) is 1. The molecule has 1 N–H and O–H groups in total. The summed E-state index contributed by atoms with van der Waals surface area (Å²) in [6, 6.07) is 8.35. The maximum atomic E-state index is 12.4. The molecule has 0 radical (unpaired) electrons. The van der Waals surface area contributed by atoms with Crippen LogP contribution in [0.1, 0.15) is 36.8 Å². The fraction of sp³-hybridized carbons (Fsp3) is 0.0667. The highest BCUT2D eigenvalue weighted by atomic mass is 16.5. The summed E-state index contributed by atoms with van der Waals surface area (Å²) in [6.45, 7) is 0. The van der Waals surface area contributed by atoms with Gasteiger partial charge in [-0.05, 0) is 24.3 Å². The minimum atomic E-state index is -1.08. The third kappa shape index (κ3) is 2.94. The number of benzene rings is 1. The average molecular weight is 285 g/mol. The Balaban J connectivity index is 2.40. The number of pyridine rings is 1. The van der Waals surface area contributed by atoms with E-state index in [2.05, 4.69) is 9.72 Å².